The minimum absolute atomic E-state index is 0.0655. The fourth-order valence-electron chi connectivity index (χ4n) is 3.05. The summed E-state index contributed by atoms with van der Waals surface area (Å²) in [5, 5.41) is 4.15. The summed E-state index contributed by atoms with van der Waals surface area (Å²) < 4.78 is 10.6. The van der Waals surface area contributed by atoms with Gasteiger partial charge in [0.15, 0.2) is 11.5 Å². The van der Waals surface area contributed by atoms with Gasteiger partial charge in [-0.25, -0.2) is 0 Å². The van der Waals surface area contributed by atoms with Crippen molar-refractivity contribution >= 4 is 16.8 Å². The fourth-order valence-corrected chi connectivity index (χ4v) is 3.05. The van der Waals surface area contributed by atoms with E-state index in [9.17, 15) is 4.79 Å². The Bertz CT molecular complexity index is 886. The fraction of sp³-hybridized carbons (Fsp3) is 0.286. The van der Waals surface area contributed by atoms with Crippen LogP contribution >= 0.6 is 0 Å². The zero-order valence-corrected chi connectivity index (χ0v) is 15.2. The quantitative estimate of drug-likeness (QED) is 0.648. The molecule has 0 saturated carbocycles. The number of H-pyrrole nitrogens is 1. The Morgan fingerprint density at radius 1 is 1.08 bits per heavy atom. The van der Waals surface area contributed by atoms with Crippen LogP contribution in [0.15, 0.2) is 48.7 Å². The van der Waals surface area contributed by atoms with Gasteiger partial charge in [-0.2, -0.15) is 0 Å². The molecule has 0 radical (unpaired) electrons. The van der Waals surface area contributed by atoms with Gasteiger partial charge >= 0.3 is 0 Å². The van der Waals surface area contributed by atoms with Gasteiger partial charge in [-0.3, -0.25) is 4.79 Å². The minimum Gasteiger partial charge on any atom is -0.493 e. The Morgan fingerprint density at radius 3 is 2.69 bits per heavy atom. The molecule has 2 N–H and O–H groups in total. The first-order valence-corrected chi connectivity index (χ1v) is 8.74. The zero-order valence-electron chi connectivity index (χ0n) is 15.2. The summed E-state index contributed by atoms with van der Waals surface area (Å²) in [5.41, 5.74) is 3.33. The third-order valence-electron chi connectivity index (χ3n) is 4.47. The number of hydrogen-bond donors (Lipinski definition) is 2. The standard InChI is InChI=1S/C21H24N2O3/c1-25-19-11-10-15(12-20(19)26-2)6-5-9-21(24)23-14-16-13-22-18-8-4-3-7-17(16)18/h3-4,7-8,10-13,22H,5-6,9,14H2,1-2H3,(H,23,24). The molecule has 1 aromatic heterocycles. The number of aromatic amines is 1. The molecule has 136 valence electrons. The monoisotopic (exact) mass is 352 g/mol. The number of rotatable bonds is 8. The van der Waals surface area contributed by atoms with Crippen LogP contribution in [-0.2, 0) is 17.8 Å². The number of carbonyl (C=O) groups is 1. The number of ether oxygens (including phenoxy) is 2. The molecule has 3 rings (SSSR count). The van der Waals surface area contributed by atoms with Crippen molar-refractivity contribution in [1.82, 2.24) is 10.3 Å². The summed E-state index contributed by atoms with van der Waals surface area (Å²) in [6.07, 6.45) is 4.06. The van der Waals surface area contributed by atoms with Crippen LogP contribution in [0.1, 0.15) is 24.0 Å². The number of nitrogens with one attached hydrogen (secondary N) is 2. The lowest BCUT2D eigenvalue weighted by Crippen LogP contribution is -2.22. The predicted molar refractivity (Wildman–Crippen MR) is 103 cm³/mol. The Hall–Kier alpha value is -2.95. The number of aromatic nitrogens is 1. The van der Waals surface area contributed by atoms with E-state index in [1.807, 2.05) is 42.6 Å². The molecule has 0 spiro atoms. The second kappa shape index (κ2) is 8.43. The number of aryl methyl sites for hydroxylation is 1. The molecular formula is C21H24N2O3. The molecule has 5 nitrogen and oxygen atoms in total. The lowest BCUT2D eigenvalue weighted by atomic mass is 10.1. The number of fused-ring (bicyclic) bond motifs is 1. The first kappa shape index (κ1) is 17.9. The van der Waals surface area contributed by atoms with Crippen LogP contribution in [0.5, 0.6) is 11.5 Å². The van der Waals surface area contributed by atoms with Crippen LogP contribution in [0.4, 0.5) is 0 Å². The van der Waals surface area contributed by atoms with Crippen molar-refractivity contribution in [3.8, 4) is 11.5 Å². The van der Waals surface area contributed by atoms with Gasteiger partial charge in [0, 0.05) is 30.1 Å². The second-order valence-electron chi connectivity index (χ2n) is 6.18. The summed E-state index contributed by atoms with van der Waals surface area (Å²) in [5.74, 6) is 1.50. The molecule has 0 unspecified atom stereocenters. The molecule has 2 aromatic carbocycles. The Kier molecular flexibility index (Phi) is 5.79. The van der Waals surface area contributed by atoms with Gasteiger partial charge in [0.25, 0.3) is 0 Å². The Labute approximate surface area is 153 Å². The molecule has 0 aliphatic heterocycles. The van der Waals surface area contributed by atoms with E-state index in [1.54, 1.807) is 14.2 Å². The average Bonchev–Trinajstić information content (AvgIpc) is 3.09. The number of para-hydroxylation sites is 1. The van der Waals surface area contributed by atoms with E-state index in [-0.39, 0.29) is 5.91 Å². The van der Waals surface area contributed by atoms with Gasteiger partial charge in [-0.15, -0.1) is 0 Å². The van der Waals surface area contributed by atoms with Crippen molar-refractivity contribution in [2.75, 3.05) is 14.2 Å². The number of amides is 1. The third kappa shape index (κ3) is 4.17. The lowest BCUT2D eigenvalue weighted by molar-refractivity contribution is -0.121. The van der Waals surface area contributed by atoms with Crippen LogP contribution in [-0.4, -0.2) is 25.1 Å². The minimum atomic E-state index is 0.0655. The Balaban J connectivity index is 1.47. The van der Waals surface area contributed by atoms with Crippen LogP contribution in [0.3, 0.4) is 0 Å². The molecule has 0 bridgehead atoms. The van der Waals surface area contributed by atoms with Gasteiger partial charge in [0.05, 0.1) is 14.2 Å². The summed E-state index contributed by atoms with van der Waals surface area (Å²) >= 11 is 0. The van der Waals surface area contributed by atoms with E-state index in [2.05, 4.69) is 16.4 Å². The van der Waals surface area contributed by atoms with Crippen molar-refractivity contribution in [2.24, 2.45) is 0 Å². The average molecular weight is 352 g/mol. The van der Waals surface area contributed by atoms with Crippen LogP contribution in [0.2, 0.25) is 0 Å². The van der Waals surface area contributed by atoms with E-state index in [0.29, 0.717) is 24.5 Å². The summed E-state index contributed by atoms with van der Waals surface area (Å²) in [6.45, 7) is 0.541. The predicted octanol–water partition coefficient (Wildman–Crippen LogP) is 3.82. The maximum Gasteiger partial charge on any atom is 0.220 e. The molecule has 1 heterocycles. The van der Waals surface area contributed by atoms with Crippen LogP contribution in [0, 0.1) is 0 Å². The highest BCUT2D eigenvalue weighted by atomic mass is 16.5. The number of carbonyl (C=O) groups excluding carboxylic acids is 1. The van der Waals surface area contributed by atoms with Crippen LogP contribution < -0.4 is 14.8 Å². The highest BCUT2D eigenvalue weighted by Gasteiger charge is 2.07. The highest BCUT2D eigenvalue weighted by molar-refractivity contribution is 5.84. The molecular weight excluding hydrogens is 328 g/mol. The number of benzene rings is 2. The molecule has 3 aromatic rings. The lowest BCUT2D eigenvalue weighted by Gasteiger charge is -2.09. The van der Waals surface area contributed by atoms with Crippen molar-refractivity contribution in [3.05, 3.63) is 59.8 Å². The molecule has 0 fully saturated rings. The molecule has 1 amide bonds. The van der Waals surface area contributed by atoms with Crippen molar-refractivity contribution in [2.45, 2.75) is 25.8 Å². The van der Waals surface area contributed by atoms with Gasteiger partial charge in [-0.05, 0) is 42.2 Å². The van der Waals surface area contributed by atoms with Gasteiger partial charge in [0.1, 0.15) is 0 Å². The highest BCUT2D eigenvalue weighted by Crippen LogP contribution is 2.28. The van der Waals surface area contributed by atoms with Gasteiger partial charge in [0.2, 0.25) is 5.91 Å². The van der Waals surface area contributed by atoms with Gasteiger partial charge < -0.3 is 19.8 Å². The van der Waals surface area contributed by atoms with Crippen molar-refractivity contribution in [3.63, 3.8) is 0 Å². The van der Waals surface area contributed by atoms with E-state index >= 15 is 0 Å². The molecule has 26 heavy (non-hydrogen) atoms. The molecule has 0 atom stereocenters. The maximum absolute atomic E-state index is 12.1. The molecule has 5 heteroatoms. The Morgan fingerprint density at radius 2 is 1.88 bits per heavy atom. The summed E-state index contributed by atoms with van der Waals surface area (Å²) in [4.78, 5) is 15.3. The zero-order chi connectivity index (χ0) is 18.4. The SMILES string of the molecule is COc1ccc(CCCC(=O)NCc2c[nH]c3ccccc23)cc1OC. The van der Waals surface area contributed by atoms with Crippen molar-refractivity contribution in [1.29, 1.82) is 0 Å². The van der Waals surface area contributed by atoms with E-state index in [4.69, 9.17) is 9.47 Å². The third-order valence-corrected chi connectivity index (χ3v) is 4.47. The maximum atomic E-state index is 12.1. The molecule has 0 saturated heterocycles. The topological polar surface area (TPSA) is 63.3 Å². The van der Waals surface area contributed by atoms with Crippen LogP contribution in [0.25, 0.3) is 10.9 Å². The number of hydrogen-bond acceptors (Lipinski definition) is 3. The first-order chi connectivity index (χ1) is 12.7. The second-order valence-corrected chi connectivity index (χ2v) is 6.18. The largest absolute Gasteiger partial charge is 0.493 e. The summed E-state index contributed by atoms with van der Waals surface area (Å²) in [6, 6.07) is 14.0. The van der Waals surface area contributed by atoms with E-state index in [0.717, 1.165) is 34.9 Å². The van der Waals surface area contributed by atoms with Gasteiger partial charge in [-0.1, -0.05) is 24.3 Å². The van der Waals surface area contributed by atoms with E-state index in [1.165, 1.54) is 0 Å². The first-order valence-electron chi connectivity index (χ1n) is 8.74. The smallest absolute Gasteiger partial charge is 0.220 e. The number of methoxy groups -OCH3 is 2. The molecule has 0 aliphatic rings. The molecule has 0 aliphatic carbocycles. The summed E-state index contributed by atoms with van der Waals surface area (Å²) in [7, 11) is 3.25. The normalized spacial score (nSPS) is 10.7. The van der Waals surface area contributed by atoms with Crippen molar-refractivity contribution < 1.29 is 14.3 Å². The van der Waals surface area contributed by atoms with E-state index < -0.39 is 0 Å².